The number of benzene rings is 1. The van der Waals surface area contributed by atoms with E-state index in [1.807, 2.05) is 11.8 Å². The Labute approximate surface area is 140 Å². The van der Waals surface area contributed by atoms with Gasteiger partial charge in [0.15, 0.2) is 0 Å². The normalized spacial score (nSPS) is 14.4. The standard InChI is InChI=1S/C16H22N4O4/c1-3-6-17-16(22)13-4-5-14(15(11-13)20(23)24)19-9-7-18(8-10-19)12(2)21/h4-5,11H,3,6-10H2,1-2H3,(H,17,22). The van der Waals surface area contributed by atoms with Crippen LogP contribution in [-0.4, -0.2) is 54.4 Å². The van der Waals surface area contributed by atoms with Crippen LogP contribution in [0, 0.1) is 10.1 Å². The Kier molecular flexibility index (Phi) is 5.73. The molecule has 2 rings (SSSR count). The van der Waals surface area contributed by atoms with Crippen LogP contribution < -0.4 is 10.2 Å². The molecule has 2 amide bonds. The van der Waals surface area contributed by atoms with Crippen LogP contribution in [0.25, 0.3) is 0 Å². The first-order valence-corrected chi connectivity index (χ1v) is 8.01. The van der Waals surface area contributed by atoms with E-state index in [9.17, 15) is 19.7 Å². The maximum atomic E-state index is 12.0. The van der Waals surface area contributed by atoms with Gasteiger partial charge in [0.1, 0.15) is 5.69 Å². The fourth-order valence-electron chi connectivity index (χ4n) is 2.68. The van der Waals surface area contributed by atoms with Gasteiger partial charge in [0.05, 0.1) is 4.92 Å². The molecule has 0 bridgehead atoms. The number of nitrogens with one attached hydrogen (secondary N) is 1. The highest BCUT2D eigenvalue weighted by atomic mass is 16.6. The van der Waals surface area contributed by atoms with E-state index < -0.39 is 4.92 Å². The molecular weight excluding hydrogens is 312 g/mol. The van der Waals surface area contributed by atoms with E-state index in [1.165, 1.54) is 13.0 Å². The molecule has 0 atom stereocenters. The number of piperazine rings is 1. The summed E-state index contributed by atoms with van der Waals surface area (Å²) in [5, 5.41) is 14.1. The molecule has 0 aliphatic carbocycles. The predicted octanol–water partition coefficient (Wildman–Crippen LogP) is 1.40. The highest BCUT2D eigenvalue weighted by molar-refractivity contribution is 5.95. The Morgan fingerprint density at radius 2 is 1.92 bits per heavy atom. The lowest BCUT2D eigenvalue weighted by molar-refractivity contribution is -0.384. The monoisotopic (exact) mass is 334 g/mol. The van der Waals surface area contributed by atoms with E-state index in [0.717, 1.165) is 6.42 Å². The van der Waals surface area contributed by atoms with Gasteiger partial charge in [-0.25, -0.2) is 0 Å². The SMILES string of the molecule is CCCNC(=O)c1ccc(N2CCN(C(C)=O)CC2)c([N+](=O)[O-])c1. The van der Waals surface area contributed by atoms with Crippen molar-refractivity contribution in [2.45, 2.75) is 20.3 Å². The molecule has 1 saturated heterocycles. The molecule has 1 heterocycles. The van der Waals surface area contributed by atoms with Crippen molar-refractivity contribution in [1.29, 1.82) is 0 Å². The third-order valence-electron chi connectivity index (χ3n) is 4.04. The first-order chi connectivity index (χ1) is 11.4. The number of nitrogens with zero attached hydrogens (tertiary/aromatic N) is 3. The van der Waals surface area contributed by atoms with Crippen molar-refractivity contribution >= 4 is 23.2 Å². The third kappa shape index (κ3) is 4.01. The number of carbonyl (C=O) groups excluding carboxylic acids is 2. The first kappa shape index (κ1) is 17.7. The first-order valence-electron chi connectivity index (χ1n) is 8.01. The minimum Gasteiger partial charge on any atom is -0.362 e. The van der Waals surface area contributed by atoms with Crippen LogP contribution in [0.5, 0.6) is 0 Å². The Bertz CT molecular complexity index is 639. The summed E-state index contributed by atoms with van der Waals surface area (Å²) in [6.45, 7) is 6.11. The second-order valence-corrected chi connectivity index (χ2v) is 5.71. The molecule has 8 heteroatoms. The third-order valence-corrected chi connectivity index (χ3v) is 4.04. The summed E-state index contributed by atoms with van der Waals surface area (Å²) in [7, 11) is 0. The van der Waals surface area contributed by atoms with Crippen LogP contribution in [0.4, 0.5) is 11.4 Å². The number of anilines is 1. The van der Waals surface area contributed by atoms with Gasteiger partial charge in [-0.15, -0.1) is 0 Å². The average molecular weight is 334 g/mol. The van der Waals surface area contributed by atoms with Gasteiger partial charge >= 0.3 is 0 Å². The number of nitro benzene ring substituents is 1. The quantitative estimate of drug-likeness (QED) is 0.649. The van der Waals surface area contributed by atoms with Crippen LogP contribution in [0.1, 0.15) is 30.6 Å². The maximum Gasteiger partial charge on any atom is 0.293 e. The van der Waals surface area contributed by atoms with Gasteiger partial charge in [-0.2, -0.15) is 0 Å². The van der Waals surface area contributed by atoms with Crippen molar-refractivity contribution in [2.24, 2.45) is 0 Å². The fraction of sp³-hybridized carbons (Fsp3) is 0.500. The Balaban J connectivity index is 2.20. The number of rotatable bonds is 5. The molecular formula is C16H22N4O4. The lowest BCUT2D eigenvalue weighted by Gasteiger charge is -2.35. The maximum absolute atomic E-state index is 12.0. The second kappa shape index (κ2) is 7.76. The van der Waals surface area contributed by atoms with Crippen LogP contribution in [-0.2, 0) is 4.79 Å². The molecule has 0 aromatic heterocycles. The van der Waals surface area contributed by atoms with Gasteiger partial charge in [-0.3, -0.25) is 19.7 Å². The number of amides is 2. The fourth-order valence-corrected chi connectivity index (χ4v) is 2.68. The summed E-state index contributed by atoms with van der Waals surface area (Å²) < 4.78 is 0. The molecule has 1 aromatic carbocycles. The van der Waals surface area contributed by atoms with E-state index in [0.29, 0.717) is 38.4 Å². The Morgan fingerprint density at radius 1 is 1.25 bits per heavy atom. The molecule has 1 aromatic rings. The van der Waals surface area contributed by atoms with Gasteiger partial charge in [-0.05, 0) is 18.6 Å². The number of nitro groups is 1. The second-order valence-electron chi connectivity index (χ2n) is 5.71. The summed E-state index contributed by atoms with van der Waals surface area (Å²) in [6, 6.07) is 4.53. The smallest absolute Gasteiger partial charge is 0.293 e. The zero-order valence-corrected chi connectivity index (χ0v) is 13.9. The van der Waals surface area contributed by atoms with Crippen LogP contribution in [0.3, 0.4) is 0 Å². The van der Waals surface area contributed by atoms with Crippen LogP contribution >= 0.6 is 0 Å². The molecule has 0 unspecified atom stereocenters. The minimum absolute atomic E-state index is 0.00657. The Morgan fingerprint density at radius 3 is 2.46 bits per heavy atom. The summed E-state index contributed by atoms with van der Waals surface area (Å²) in [4.78, 5) is 37.9. The average Bonchev–Trinajstić information content (AvgIpc) is 2.59. The van der Waals surface area contributed by atoms with E-state index >= 15 is 0 Å². The van der Waals surface area contributed by atoms with Crippen molar-refractivity contribution in [2.75, 3.05) is 37.6 Å². The molecule has 1 fully saturated rings. The van der Waals surface area contributed by atoms with Crippen LogP contribution in [0.2, 0.25) is 0 Å². The molecule has 1 aliphatic rings. The van der Waals surface area contributed by atoms with Crippen molar-refractivity contribution in [1.82, 2.24) is 10.2 Å². The van der Waals surface area contributed by atoms with Gasteiger partial charge < -0.3 is 15.1 Å². The number of hydrogen-bond donors (Lipinski definition) is 1. The summed E-state index contributed by atoms with van der Waals surface area (Å²) >= 11 is 0. The molecule has 24 heavy (non-hydrogen) atoms. The Hall–Kier alpha value is -2.64. The molecule has 1 N–H and O–H groups in total. The van der Waals surface area contributed by atoms with Crippen molar-refractivity contribution in [3.63, 3.8) is 0 Å². The van der Waals surface area contributed by atoms with Crippen molar-refractivity contribution in [3.8, 4) is 0 Å². The summed E-state index contributed by atoms with van der Waals surface area (Å²) in [6.07, 6.45) is 0.798. The lowest BCUT2D eigenvalue weighted by atomic mass is 10.1. The predicted molar refractivity (Wildman–Crippen MR) is 90.2 cm³/mol. The molecule has 1 aliphatic heterocycles. The van der Waals surface area contributed by atoms with E-state index in [-0.39, 0.29) is 23.1 Å². The zero-order valence-electron chi connectivity index (χ0n) is 13.9. The van der Waals surface area contributed by atoms with Gasteiger partial charge in [0.25, 0.3) is 11.6 Å². The number of hydrogen-bond acceptors (Lipinski definition) is 5. The van der Waals surface area contributed by atoms with Gasteiger partial charge in [0.2, 0.25) is 5.91 Å². The highest BCUT2D eigenvalue weighted by Gasteiger charge is 2.25. The van der Waals surface area contributed by atoms with Gasteiger partial charge in [-0.1, -0.05) is 6.92 Å². The van der Waals surface area contributed by atoms with Crippen molar-refractivity contribution in [3.05, 3.63) is 33.9 Å². The zero-order chi connectivity index (χ0) is 17.7. The van der Waals surface area contributed by atoms with Gasteiger partial charge in [0, 0.05) is 51.3 Å². The molecule has 130 valence electrons. The molecule has 8 nitrogen and oxygen atoms in total. The van der Waals surface area contributed by atoms with E-state index in [1.54, 1.807) is 17.0 Å². The van der Waals surface area contributed by atoms with Crippen LogP contribution in [0.15, 0.2) is 18.2 Å². The highest BCUT2D eigenvalue weighted by Crippen LogP contribution is 2.30. The molecule has 0 radical (unpaired) electrons. The lowest BCUT2D eigenvalue weighted by Crippen LogP contribution is -2.48. The largest absolute Gasteiger partial charge is 0.362 e. The van der Waals surface area contributed by atoms with E-state index in [4.69, 9.17) is 0 Å². The van der Waals surface area contributed by atoms with E-state index in [2.05, 4.69) is 5.32 Å². The summed E-state index contributed by atoms with van der Waals surface area (Å²) in [5.41, 5.74) is 0.673. The number of carbonyl (C=O) groups is 2. The molecule has 0 spiro atoms. The topological polar surface area (TPSA) is 95.8 Å². The summed E-state index contributed by atoms with van der Waals surface area (Å²) in [5.74, 6) is -0.306. The molecule has 0 saturated carbocycles. The minimum atomic E-state index is -0.469. The van der Waals surface area contributed by atoms with Crippen molar-refractivity contribution < 1.29 is 14.5 Å².